The van der Waals surface area contributed by atoms with Gasteiger partial charge in [0.15, 0.2) is 0 Å². The average molecular weight is 379 g/mol. The smallest absolute Gasteiger partial charge is 0.346 e. The molecular formula is C17H16F3N5O2. The van der Waals surface area contributed by atoms with Crippen molar-refractivity contribution < 1.29 is 22.5 Å². The van der Waals surface area contributed by atoms with Crippen LogP contribution in [0.1, 0.15) is 27.6 Å². The number of benzene rings is 1. The van der Waals surface area contributed by atoms with E-state index in [4.69, 9.17) is 4.52 Å². The molecule has 10 heteroatoms. The SMILES string of the molecule is Cc1cc(C)n(CCNC(=O)c2nc(-c3ccc(C(F)(F)F)cc3)no2)n1. The summed E-state index contributed by atoms with van der Waals surface area (Å²) in [7, 11) is 0. The van der Waals surface area contributed by atoms with Crippen LogP contribution < -0.4 is 5.32 Å². The lowest BCUT2D eigenvalue weighted by Gasteiger charge is -2.05. The van der Waals surface area contributed by atoms with Crippen molar-refractivity contribution in [1.82, 2.24) is 25.2 Å². The van der Waals surface area contributed by atoms with Crippen molar-refractivity contribution in [3.8, 4) is 11.4 Å². The first kappa shape index (κ1) is 18.6. The maximum absolute atomic E-state index is 12.6. The summed E-state index contributed by atoms with van der Waals surface area (Å²) in [5, 5.41) is 10.6. The van der Waals surface area contributed by atoms with Crippen LogP contribution in [0.3, 0.4) is 0 Å². The highest BCUT2D eigenvalue weighted by Gasteiger charge is 2.30. The number of amides is 1. The van der Waals surface area contributed by atoms with E-state index in [1.807, 2.05) is 19.9 Å². The van der Waals surface area contributed by atoms with E-state index in [0.717, 1.165) is 23.5 Å². The van der Waals surface area contributed by atoms with Crippen LogP contribution in [-0.4, -0.2) is 32.4 Å². The molecule has 0 aliphatic heterocycles. The van der Waals surface area contributed by atoms with Crippen LogP contribution in [0.4, 0.5) is 13.2 Å². The molecule has 3 rings (SSSR count). The summed E-state index contributed by atoms with van der Waals surface area (Å²) in [6, 6.07) is 6.20. The number of aryl methyl sites for hydroxylation is 2. The summed E-state index contributed by atoms with van der Waals surface area (Å²) in [4.78, 5) is 16.0. The van der Waals surface area contributed by atoms with Crippen molar-refractivity contribution in [3.05, 3.63) is 53.2 Å². The number of alkyl halides is 3. The maximum Gasteiger partial charge on any atom is 0.416 e. The van der Waals surface area contributed by atoms with Crippen LogP contribution in [0.15, 0.2) is 34.9 Å². The zero-order valence-corrected chi connectivity index (χ0v) is 14.5. The van der Waals surface area contributed by atoms with Crippen LogP contribution in [0.5, 0.6) is 0 Å². The molecule has 0 fully saturated rings. The summed E-state index contributed by atoms with van der Waals surface area (Å²) < 4.78 is 44.4. The predicted molar refractivity (Wildman–Crippen MR) is 88.8 cm³/mol. The number of hydrogen-bond acceptors (Lipinski definition) is 5. The lowest BCUT2D eigenvalue weighted by Crippen LogP contribution is -2.28. The quantitative estimate of drug-likeness (QED) is 0.737. The molecule has 0 unspecified atom stereocenters. The minimum Gasteiger partial charge on any atom is -0.346 e. The molecule has 1 aromatic carbocycles. The third-order valence-electron chi connectivity index (χ3n) is 3.80. The summed E-state index contributed by atoms with van der Waals surface area (Å²) >= 11 is 0. The molecule has 0 bridgehead atoms. The standard InChI is InChI=1S/C17H16F3N5O2/c1-10-9-11(2)25(23-10)8-7-21-15(26)16-22-14(24-27-16)12-3-5-13(6-4-12)17(18,19)20/h3-6,9H,7-8H2,1-2H3,(H,21,26). The van der Waals surface area contributed by atoms with Gasteiger partial charge in [-0.15, -0.1) is 0 Å². The van der Waals surface area contributed by atoms with Gasteiger partial charge >= 0.3 is 18.0 Å². The van der Waals surface area contributed by atoms with Crippen molar-refractivity contribution in [2.75, 3.05) is 6.54 Å². The molecule has 7 nitrogen and oxygen atoms in total. The van der Waals surface area contributed by atoms with Crippen LogP contribution in [0.2, 0.25) is 0 Å². The monoisotopic (exact) mass is 379 g/mol. The Morgan fingerprint density at radius 2 is 1.93 bits per heavy atom. The molecule has 0 aliphatic carbocycles. The van der Waals surface area contributed by atoms with Gasteiger partial charge in [0.05, 0.1) is 17.8 Å². The number of nitrogens with one attached hydrogen (secondary N) is 1. The first-order chi connectivity index (χ1) is 12.7. The molecule has 0 saturated heterocycles. The van der Waals surface area contributed by atoms with Gasteiger partial charge in [-0.3, -0.25) is 9.48 Å². The number of halogens is 3. The number of hydrogen-bond donors (Lipinski definition) is 1. The van der Waals surface area contributed by atoms with E-state index in [2.05, 4.69) is 20.6 Å². The second-order valence-electron chi connectivity index (χ2n) is 5.90. The third kappa shape index (κ3) is 4.33. The number of aromatic nitrogens is 4. The fourth-order valence-corrected chi connectivity index (χ4v) is 2.49. The maximum atomic E-state index is 12.6. The molecule has 3 aromatic rings. The van der Waals surface area contributed by atoms with Gasteiger partial charge in [0.25, 0.3) is 0 Å². The van der Waals surface area contributed by atoms with Gasteiger partial charge in [0, 0.05) is 17.8 Å². The van der Waals surface area contributed by atoms with Gasteiger partial charge < -0.3 is 9.84 Å². The fourth-order valence-electron chi connectivity index (χ4n) is 2.49. The normalized spacial score (nSPS) is 11.6. The molecule has 142 valence electrons. The van der Waals surface area contributed by atoms with Crippen molar-refractivity contribution in [3.63, 3.8) is 0 Å². The first-order valence-corrected chi connectivity index (χ1v) is 8.04. The molecule has 1 amide bonds. The minimum atomic E-state index is -4.42. The Morgan fingerprint density at radius 1 is 1.22 bits per heavy atom. The van der Waals surface area contributed by atoms with Gasteiger partial charge in [-0.2, -0.15) is 23.3 Å². The number of rotatable bonds is 5. The summed E-state index contributed by atoms with van der Waals surface area (Å²) in [6.45, 7) is 4.57. The van der Waals surface area contributed by atoms with Crippen LogP contribution in [0.25, 0.3) is 11.4 Å². The second kappa shape index (κ2) is 7.22. The average Bonchev–Trinajstić information content (AvgIpc) is 3.21. The second-order valence-corrected chi connectivity index (χ2v) is 5.90. The van der Waals surface area contributed by atoms with E-state index in [9.17, 15) is 18.0 Å². The van der Waals surface area contributed by atoms with Crippen molar-refractivity contribution >= 4 is 5.91 Å². The van der Waals surface area contributed by atoms with Crippen molar-refractivity contribution in [2.45, 2.75) is 26.6 Å². The highest BCUT2D eigenvalue weighted by molar-refractivity contribution is 5.89. The van der Waals surface area contributed by atoms with Gasteiger partial charge in [0.1, 0.15) is 0 Å². The van der Waals surface area contributed by atoms with Gasteiger partial charge in [-0.25, -0.2) is 0 Å². The van der Waals surface area contributed by atoms with Gasteiger partial charge in [0.2, 0.25) is 5.82 Å². The molecule has 2 aromatic heterocycles. The largest absolute Gasteiger partial charge is 0.416 e. The molecule has 1 N–H and O–H groups in total. The van der Waals surface area contributed by atoms with Crippen LogP contribution in [0, 0.1) is 13.8 Å². The lowest BCUT2D eigenvalue weighted by molar-refractivity contribution is -0.137. The van der Waals surface area contributed by atoms with E-state index in [1.165, 1.54) is 12.1 Å². The van der Waals surface area contributed by atoms with E-state index in [-0.39, 0.29) is 11.7 Å². The Bertz CT molecular complexity index is 944. The molecule has 0 saturated carbocycles. The Kier molecular flexibility index (Phi) is 4.98. The fraction of sp³-hybridized carbons (Fsp3) is 0.294. The molecule has 27 heavy (non-hydrogen) atoms. The predicted octanol–water partition coefficient (Wildman–Crippen LogP) is 3.00. The highest BCUT2D eigenvalue weighted by Crippen LogP contribution is 2.30. The van der Waals surface area contributed by atoms with Crippen LogP contribution in [-0.2, 0) is 12.7 Å². The van der Waals surface area contributed by atoms with Gasteiger partial charge in [-0.1, -0.05) is 17.3 Å². The molecule has 0 aliphatic rings. The number of nitrogens with zero attached hydrogens (tertiary/aromatic N) is 4. The third-order valence-corrected chi connectivity index (χ3v) is 3.80. The topological polar surface area (TPSA) is 85.8 Å². The van der Waals surface area contributed by atoms with Gasteiger partial charge in [-0.05, 0) is 32.0 Å². The molecule has 0 spiro atoms. The Morgan fingerprint density at radius 3 is 2.52 bits per heavy atom. The van der Waals surface area contributed by atoms with E-state index in [0.29, 0.717) is 18.7 Å². The molecule has 2 heterocycles. The van der Waals surface area contributed by atoms with E-state index >= 15 is 0 Å². The number of carbonyl (C=O) groups is 1. The van der Waals surface area contributed by atoms with E-state index < -0.39 is 17.6 Å². The van der Waals surface area contributed by atoms with Crippen LogP contribution >= 0.6 is 0 Å². The van der Waals surface area contributed by atoms with Crippen molar-refractivity contribution in [1.29, 1.82) is 0 Å². The summed E-state index contributed by atoms with van der Waals surface area (Å²) in [5.74, 6) is -0.798. The lowest BCUT2D eigenvalue weighted by atomic mass is 10.1. The highest BCUT2D eigenvalue weighted by atomic mass is 19.4. The first-order valence-electron chi connectivity index (χ1n) is 8.04. The van der Waals surface area contributed by atoms with E-state index in [1.54, 1.807) is 4.68 Å². The Hall–Kier alpha value is -3.17. The minimum absolute atomic E-state index is 0.0346. The Balaban J connectivity index is 1.61. The molecule has 0 atom stereocenters. The summed E-state index contributed by atoms with van der Waals surface area (Å²) in [6.07, 6.45) is -4.42. The van der Waals surface area contributed by atoms with Crippen molar-refractivity contribution in [2.24, 2.45) is 0 Å². The molecule has 0 radical (unpaired) electrons. The zero-order valence-electron chi connectivity index (χ0n) is 14.5. The number of carbonyl (C=O) groups excluding carboxylic acids is 1. The Labute approximate surface area is 152 Å². The zero-order chi connectivity index (χ0) is 19.6. The molecular weight excluding hydrogens is 363 g/mol. The summed E-state index contributed by atoms with van der Waals surface area (Å²) in [5.41, 5.74) is 1.39.